The second kappa shape index (κ2) is 9.82. The molecule has 1 saturated heterocycles. The molecule has 0 radical (unpaired) electrons. The van der Waals surface area contributed by atoms with E-state index in [1.165, 1.54) is 30.3 Å². The minimum absolute atomic E-state index is 0.00499. The van der Waals surface area contributed by atoms with E-state index in [-0.39, 0.29) is 45.3 Å². The highest BCUT2D eigenvalue weighted by Gasteiger charge is 2.62. The molecule has 36 heavy (non-hydrogen) atoms. The Labute approximate surface area is 227 Å². The molecule has 1 heterocycles. The zero-order valence-corrected chi connectivity index (χ0v) is 21.8. The zero-order chi connectivity index (χ0) is 25.7. The standard InChI is InChI=1S/C26H20Cl4N2O4/c27-10-9-20(23(33)13-3-6-17(28)7-4-13)31(24(34)16-5-8-18(29)19(30)12-16)32-25(35)21-14-1-2-15(11-14)22(21)26(32)36/h1-8,12,14-15,20-22H,9-11H2/t14-,15-,20-,21-,22+/m0/s1. The SMILES string of the molecule is O=C(c1ccc(Cl)cc1)[C@H](CCCl)N(C(=O)c1ccc(Cl)c(Cl)c1)N1C(=O)[C@@H]2[C@H](C1=O)[C@H]1C=C[C@H]2C1. The van der Waals surface area contributed by atoms with Crippen LogP contribution >= 0.6 is 46.4 Å². The molecule has 2 aliphatic carbocycles. The first kappa shape index (κ1) is 25.3. The Hall–Kier alpha value is -2.38. The lowest BCUT2D eigenvalue weighted by Gasteiger charge is -2.36. The number of alkyl halides is 1. The number of hydrogen-bond acceptors (Lipinski definition) is 4. The summed E-state index contributed by atoms with van der Waals surface area (Å²) in [6, 6.07) is 9.17. The van der Waals surface area contributed by atoms with Gasteiger partial charge >= 0.3 is 0 Å². The van der Waals surface area contributed by atoms with Gasteiger partial charge < -0.3 is 0 Å². The van der Waals surface area contributed by atoms with Gasteiger partial charge in [0.15, 0.2) is 5.78 Å². The van der Waals surface area contributed by atoms with Gasteiger partial charge in [-0.15, -0.1) is 11.6 Å². The molecule has 2 fully saturated rings. The summed E-state index contributed by atoms with van der Waals surface area (Å²) in [5, 5.41) is 2.64. The smallest absolute Gasteiger partial charge is 0.273 e. The molecular weight excluding hydrogens is 546 g/mol. The number of hydrazine groups is 1. The van der Waals surface area contributed by atoms with E-state index in [4.69, 9.17) is 46.4 Å². The van der Waals surface area contributed by atoms with E-state index >= 15 is 0 Å². The fraction of sp³-hybridized carbons (Fsp3) is 0.308. The largest absolute Gasteiger partial charge is 0.292 e. The molecule has 0 spiro atoms. The molecule has 2 aromatic rings. The number of carbonyl (C=O) groups is 4. The van der Waals surface area contributed by atoms with Gasteiger partial charge in [-0.3, -0.25) is 19.2 Å². The average molecular weight is 566 g/mol. The van der Waals surface area contributed by atoms with E-state index < -0.39 is 41.4 Å². The number of halogens is 4. The number of fused-ring (bicyclic) bond motifs is 5. The minimum Gasteiger partial charge on any atom is -0.292 e. The number of carbonyl (C=O) groups excluding carboxylic acids is 4. The van der Waals surface area contributed by atoms with E-state index in [1.54, 1.807) is 12.1 Å². The number of nitrogens with zero attached hydrogens (tertiary/aromatic N) is 2. The van der Waals surface area contributed by atoms with Crippen molar-refractivity contribution in [3.05, 3.63) is 80.8 Å². The molecule has 3 amide bonds. The number of allylic oxidation sites excluding steroid dienone is 2. The van der Waals surface area contributed by atoms with Crippen molar-refractivity contribution < 1.29 is 19.2 Å². The van der Waals surface area contributed by atoms with Crippen molar-refractivity contribution in [1.29, 1.82) is 0 Å². The van der Waals surface area contributed by atoms with E-state index in [0.717, 1.165) is 16.4 Å². The Bertz CT molecular complexity index is 1270. The summed E-state index contributed by atoms with van der Waals surface area (Å²) in [4.78, 5) is 55.0. The third-order valence-electron chi connectivity index (χ3n) is 7.15. The van der Waals surface area contributed by atoms with E-state index in [9.17, 15) is 19.2 Å². The van der Waals surface area contributed by atoms with Crippen LogP contribution in [0.25, 0.3) is 0 Å². The number of hydrogen-bond donors (Lipinski definition) is 0. The first-order valence-corrected chi connectivity index (χ1v) is 13.1. The Morgan fingerprint density at radius 1 is 0.889 bits per heavy atom. The van der Waals surface area contributed by atoms with Crippen LogP contribution in [0.4, 0.5) is 0 Å². The van der Waals surface area contributed by atoms with Gasteiger partial charge in [0.25, 0.3) is 17.7 Å². The molecule has 2 aromatic carbocycles. The second-order valence-corrected chi connectivity index (χ2v) is 10.8. The number of rotatable bonds is 7. The third kappa shape index (κ3) is 4.14. The molecule has 5 atom stereocenters. The van der Waals surface area contributed by atoms with Gasteiger partial charge in [-0.1, -0.05) is 47.0 Å². The Morgan fingerprint density at radius 3 is 2.03 bits per heavy atom. The maximum Gasteiger partial charge on any atom is 0.273 e. The number of imide groups is 1. The predicted octanol–water partition coefficient (Wildman–Crippen LogP) is 5.69. The van der Waals surface area contributed by atoms with Crippen LogP contribution in [0.3, 0.4) is 0 Å². The zero-order valence-electron chi connectivity index (χ0n) is 18.7. The van der Waals surface area contributed by atoms with Gasteiger partial charge in [-0.2, -0.15) is 5.01 Å². The minimum atomic E-state index is -1.22. The Kier molecular flexibility index (Phi) is 6.90. The monoisotopic (exact) mass is 564 g/mol. The molecule has 0 unspecified atom stereocenters. The molecule has 0 N–H and O–H groups in total. The summed E-state index contributed by atoms with van der Waals surface area (Å²) < 4.78 is 0. The number of Topliss-reactive ketones (excluding diaryl/α,β-unsaturated/α-hetero) is 1. The summed E-state index contributed by atoms with van der Waals surface area (Å²) in [7, 11) is 0. The second-order valence-electron chi connectivity index (χ2n) is 9.13. The maximum atomic E-state index is 13.9. The lowest BCUT2D eigenvalue weighted by Crippen LogP contribution is -2.58. The van der Waals surface area contributed by atoms with Crippen molar-refractivity contribution in [2.45, 2.75) is 18.9 Å². The van der Waals surface area contributed by atoms with Crippen LogP contribution in [0, 0.1) is 23.7 Å². The topological polar surface area (TPSA) is 74.8 Å². The molecule has 3 aliphatic rings. The molecule has 2 bridgehead atoms. The summed E-state index contributed by atoms with van der Waals surface area (Å²) >= 11 is 24.3. The first-order chi connectivity index (χ1) is 17.2. The van der Waals surface area contributed by atoms with Crippen LogP contribution in [0.1, 0.15) is 33.6 Å². The highest BCUT2D eigenvalue weighted by Crippen LogP contribution is 2.53. The number of amides is 3. The van der Waals surface area contributed by atoms with Crippen molar-refractivity contribution >= 4 is 69.9 Å². The Balaban J connectivity index is 1.60. The van der Waals surface area contributed by atoms with Crippen molar-refractivity contribution in [2.24, 2.45) is 23.7 Å². The van der Waals surface area contributed by atoms with Crippen molar-refractivity contribution in [2.75, 3.05) is 5.88 Å². The quantitative estimate of drug-likeness (QED) is 0.187. The maximum absolute atomic E-state index is 13.9. The Morgan fingerprint density at radius 2 is 1.47 bits per heavy atom. The number of ketones is 1. The molecule has 6 nitrogen and oxygen atoms in total. The fourth-order valence-corrected chi connectivity index (χ4v) is 6.14. The average Bonchev–Trinajstić information content (AvgIpc) is 3.55. The normalized spacial score (nSPS) is 24.8. The molecule has 186 valence electrons. The van der Waals surface area contributed by atoms with Gasteiger partial charge in [0, 0.05) is 22.0 Å². The first-order valence-electron chi connectivity index (χ1n) is 11.4. The van der Waals surface area contributed by atoms with Crippen molar-refractivity contribution in [3.63, 3.8) is 0 Å². The van der Waals surface area contributed by atoms with E-state index in [2.05, 4.69) is 0 Å². The van der Waals surface area contributed by atoms with Gasteiger partial charge in [0.1, 0.15) is 6.04 Å². The van der Waals surface area contributed by atoms with Crippen molar-refractivity contribution in [1.82, 2.24) is 10.0 Å². The van der Waals surface area contributed by atoms with Crippen LogP contribution in [-0.2, 0) is 9.59 Å². The van der Waals surface area contributed by atoms with Gasteiger partial charge in [-0.05, 0) is 67.1 Å². The van der Waals surface area contributed by atoms with Crippen LogP contribution < -0.4 is 0 Å². The third-order valence-corrected chi connectivity index (χ3v) is 8.36. The predicted molar refractivity (Wildman–Crippen MR) is 137 cm³/mol. The van der Waals surface area contributed by atoms with Gasteiger partial charge in [-0.25, -0.2) is 5.01 Å². The molecule has 0 aromatic heterocycles. The fourth-order valence-electron chi connectivity index (χ4n) is 5.51. The highest BCUT2D eigenvalue weighted by molar-refractivity contribution is 6.42. The lowest BCUT2D eigenvalue weighted by atomic mass is 9.85. The molecule has 10 heteroatoms. The number of benzene rings is 2. The molecular formula is C26H20Cl4N2O4. The van der Waals surface area contributed by atoms with E-state index in [1.807, 2.05) is 12.2 Å². The van der Waals surface area contributed by atoms with Crippen LogP contribution in [0.15, 0.2) is 54.6 Å². The van der Waals surface area contributed by atoms with E-state index in [0.29, 0.717) is 5.02 Å². The highest BCUT2D eigenvalue weighted by atomic mass is 35.5. The van der Waals surface area contributed by atoms with Crippen molar-refractivity contribution in [3.8, 4) is 0 Å². The molecule has 1 saturated carbocycles. The van der Waals surface area contributed by atoms with Crippen LogP contribution in [0.2, 0.25) is 15.1 Å². The van der Waals surface area contributed by atoms with Crippen LogP contribution in [-0.4, -0.2) is 45.4 Å². The summed E-state index contributed by atoms with van der Waals surface area (Å²) in [5.41, 5.74) is 0.342. The van der Waals surface area contributed by atoms with Gasteiger partial charge in [0.2, 0.25) is 0 Å². The summed E-state index contributed by atoms with van der Waals surface area (Å²) in [5.74, 6) is -3.42. The molecule has 1 aliphatic heterocycles. The molecule has 5 rings (SSSR count). The van der Waals surface area contributed by atoms with Gasteiger partial charge in [0.05, 0.1) is 21.9 Å². The lowest BCUT2D eigenvalue weighted by molar-refractivity contribution is -0.157. The van der Waals surface area contributed by atoms with Crippen LogP contribution in [0.5, 0.6) is 0 Å². The summed E-state index contributed by atoms with van der Waals surface area (Å²) in [6.45, 7) is 0. The summed E-state index contributed by atoms with van der Waals surface area (Å²) in [6.07, 6.45) is 4.66.